The molecule has 2 rings (SSSR count). The highest BCUT2D eigenvalue weighted by Gasteiger charge is 2.26. The first-order valence-corrected chi connectivity index (χ1v) is 5.82. The summed E-state index contributed by atoms with van der Waals surface area (Å²) in [4.78, 5) is 0. The molecule has 1 aliphatic carbocycles. The lowest BCUT2D eigenvalue weighted by molar-refractivity contribution is -0.0130. The maximum Gasteiger partial charge on any atom is 0.177 e. The van der Waals surface area contributed by atoms with Gasteiger partial charge in [-0.25, -0.2) is 13.2 Å². The minimum Gasteiger partial charge on any atom is -0.364 e. The highest BCUT2D eigenvalue weighted by atomic mass is 19.2. The van der Waals surface area contributed by atoms with Crippen LogP contribution in [-0.2, 0) is 0 Å². The Labute approximate surface area is 108 Å². The molecule has 19 heavy (non-hydrogen) atoms. The molecule has 1 unspecified atom stereocenters. The van der Waals surface area contributed by atoms with Gasteiger partial charge < -0.3 is 10.2 Å². The third-order valence-electron chi connectivity index (χ3n) is 3.22. The summed E-state index contributed by atoms with van der Waals surface area (Å²) in [6.07, 6.45) is -0.802. The second-order valence-corrected chi connectivity index (χ2v) is 4.55. The van der Waals surface area contributed by atoms with Gasteiger partial charge in [0.2, 0.25) is 0 Å². The Hall–Kier alpha value is -1.59. The smallest absolute Gasteiger partial charge is 0.177 e. The van der Waals surface area contributed by atoms with Crippen molar-refractivity contribution in [2.75, 3.05) is 0 Å². The lowest BCUT2D eigenvalue weighted by Gasteiger charge is -2.24. The molecule has 1 aromatic carbocycles. The van der Waals surface area contributed by atoms with Gasteiger partial charge in [0, 0.05) is 11.1 Å². The molecular weight excluding hydrogens is 257 g/mol. The van der Waals surface area contributed by atoms with E-state index in [0.717, 1.165) is 12.1 Å². The van der Waals surface area contributed by atoms with Crippen molar-refractivity contribution >= 4 is 5.57 Å². The summed E-state index contributed by atoms with van der Waals surface area (Å²) in [5, 5.41) is 18.0. The molecule has 0 heterocycles. The van der Waals surface area contributed by atoms with E-state index in [-0.39, 0.29) is 23.5 Å². The molecule has 2 N–H and O–H groups in total. The quantitative estimate of drug-likeness (QED) is 0.811. The number of aliphatic hydroxyl groups excluding tert-OH is 1. The number of hydrogen-bond donors (Lipinski definition) is 2. The highest BCUT2D eigenvalue weighted by Crippen LogP contribution is 2.37. The van der Waals surface area contributed by atoms with Crippen LogP contribution in [0.4, 0.5) is 13.2 Å². The van der Waals surface area contributed by atoms with Gasteiger partial charge in [-0.3, -0.25) is 0 Å². The lowest BCUT2D eigenvalue weighted by Crippen LogP contribution is -2.17. The maximum atomic E-state index is 13.7. The van der Waals surface area contributed by atoms with E-state index in [0.29, 0.717) is 5.57 Å². The Kier molecular flexibility index (Phi) is 3.78. The fourth-order valence-corrected chi connectivity index (χ4v) is 2.21. The van der Waals surface area contributed by atoms with Crippen molar-refractivity contribution in [1.82, 2.24) is 0 Å². The van der Waals surface area contributed by atoms with E-state index in [1.54, 1.807) is 6.92 Å². The first-order valence-electron chi connectivity index (χ1n) is 5.82. The summed E-state index contributed by atoms with van der Waals surface area (Å²) in [6.45, 7) is 1.69. The Morgan fingerprint density at radius 1 is 1.21 bits per heavy atom. The monoisotopic (exact) mass is 270 g/mol. The van der Waals surface area contributed by atoms with Crippen molar-refractivity contribution in [3.63, 3.8) is 0 Å². The van der Waals surface area contributed by atoms with Gasteiger partial charge in [0.1, 0.15) is 5.83 Å². The molecule has 1 aromatic rings. The molecule has 0 amide bonds. The van der Waals surface area contributed by atoms with Crippen LogP contribution in [0.1, 0.15) is 18.9 Å². The van der Waals surface area contributed by atoms with E-state index in [1.807, 2.05) is 0 Å². The first-order chi connectivity index (χ1) is 8.91. The minimum atomic E-state index is -1.88. The van der Waals surface area contributed by atoms with Crippen LogP contribution < -0.4 is 0 Å². The van der Waals surface area contributed by atoms with Crippen molar-refractivity contribution in [2.45, 2.75) is 19.6 Å². The number of hydrogen-bond acceptors (Lipinski definition) is 2. The fraction of sp³-hybridized carbons (Fsp3) is 0.286. The number of allylic oxidation sites excluding steroid dienone is 3. The van der Waals surface area contributed by atoms with E-state index in [1.165, 1.54) is 12.1 Å². The Morgan fingerprint density at radius 2 is 1.89 bits per heavy atom. The van der Waals surface area contributed by atoms with Crippen molar-refractivity contribution in [3.05, 3.63) is 52.9 Å². The Balaban J connectivity index is 2.51. The third-order valence-corrected chi connectivity index (χ3v) is 3.22. The summed E-state index contributed by atoms with van der Waals surface area (Å²) in [6, 6.07) is 3.70. The summed E-state index contributed by atoms with van der Waals surface area (Å²) >= 11 is 0. The Bertz CT molecular complexity index is 562. The van der Waals surface area contributed by atoms with Crippen LogP contribution in [0.5, 0.6) is 0 Å². The third kappa shape index (κ3) is 2.57. The van der Waals surface area contributed by atoms with Crippen molar-refractivity contribution in [2.24, 2.45) is 5.92 Å². The van der Waals surface area contributed by atoms with Crippen LogP contribution in [-0.4, -0.2) is 16.5 Å². The van der Waals surface area contributed by atoms with Gasteiger partial charge in [0.25, 0.3) is 0 Å². The number of rotatable bonds is 2. The van der Waals surface area contributed by atoms with Crippen LogP contribution in [0.15, 0.2) is 35.7 Å². The minimum absolute atomic E-state index is 0.00544. The Morgan fingerprint density at radius 3 is 2.53 bits per heavy atom. The molecule has 5 heteroatoms. The van der Waals surface area contributed by atoms with Gasteiger partial charge in [0.05, 0.1) is 0 Å². The fourth-order valence-electron chi connectivity index (χ4n) is 2.21. The van der Waals surface area contributed by atoms with Gasteiger partial charge in [0.15, 0.2) is 17.9 Å². The molecule has 1 aliphatic rings. The zero-order chi connectivity index (χ0) is 14.2. The molecule has 0 aromatic heterocycles. The van der Waals surface area contributed by atoms with Crippen LogP contribution in [0.2, 0.25) is 0 Å². The predicted octanol–water partition coefficient (Wildman–Crippen LogP) is 2.92. The van der Waals surface area contributed by atoms with E-state index >= 15 is 0 Å². The molecule has 102 valence electrons. The number of benzene rings is 1. The summed E-state index contributed by atoms with van der Waals surface area (Å²) in [7, 11) is 0. The molecule has 1 atom stereocenters. The number of aliphatic hydroxyl groups is 2. The van der Waals surface area contributed by atoms with E-state index < -0.39 is 23.8 Å². The predicted molar refractivity (Wildman–Crippen MR) is 64.5 cm³/mol. The zero-order valence-corrected chi connectivity index (χ0v) is 10.2. The summed E-state index contributed by atoms with van der Waals surface area (Å²) in [5.41, 5.74) is 0.154. The standard InChI is InChI=1S/C14H13F3O2/c1-7-5-10(14(18)19)12(16)6-9(7)8-3-2-4-11(15)13(8)17/h2-4,6-7,14,18-19H,5H2,1H3. The zero-order valence-electron chi connectivity index (χ0n) is 10.2. The van der Waals surface area contributed by atoms with E-state index in [9.17, 15) is 13.2 Å². The van der Waals surface area contributed by atoms with Crippen molar-refractivity contribution < 1.29 is 23.4 Å². The lowest BCUT2D eigenvalue weighted by atomic mass is 9.83. The SMILES string of the molecule is CC1CC(C(O)O)=C(F)C=C1c1cccc(F)c1F. The average Bonchev–Trinajstić information content (AvgIpc) is 2.35. The molecular formula is C14H13F3O2. The second kappa shape index (κ2) is 5.19. The molecule has 0 spiro atoms. The molecule has 2 nitrogen and oxygen atoms in total. The van der Waals surface area contributed by atoms with E-state index in [4.69, 9.17) is 10.2 Å². The van der Waals surface area contributed by atoms with E-state index in [2.05, 4.69) is 0 Å². The summed E-state index contributed by atoms with van der Waals surface area (Å²) < 4.78 is 40.6. The molecule has 0 bridgehead atoms. The molecule has 0 saturated carbocycles. The van der Waals surface area contributed by atoms with Crippen LogP contribution in [0, 0.1) is 17.6 Å². The van der Waals surface area contributed by atoms with Crippen LogP contribution in [0.3, 0.4) is 0 Å². The number of halogens is 3. The van der Waals surface area contributed by atoms with Gasteiger partial charge in [-0.15, -0.1) is 0 Å². The van der Waals surface area contributed by atoms with Crippen LogP contribution >= 0.6 is 0 Å². The molecule has 0 fully saturated rings. The van der Waals surface area contributed by atoms with Crippen molar-refractivity contribution in [1.29, 1.82) is 0 Å². The van der Waals surface area contributed by atoms with Crippen LogP contribution in [0.25, 0.3) is 5.57 Å². The van der Waals surface area contributed by atoms with Gasteiger partial charge in [-0.1, -0.05) is 19.1 Å². The largest absolute Gasteiger partial charge is 0.364 e. The normalized spacial score (nSPS) is 19.9. The average molecular weight is 270 g/mol. The topological polar surface area (TPSA) is 40.5 Å². The van der Waals surface area contributed by atoms with Gasteiger partial charge >= 0.3 is 0 Å². The molecule has 0 aliphatic heterocycles. The van der Waals surface area contributed by atoms with Crippen molar-refractivity contribution in [3.8, 4) is 0 Å². The highest BCUT2D eigenvalue weighted by molar-refractivity contribution is 5.71. The summed E-state index contributed by atoms with van der Waals surface area (Å²) in [5.74, 6) is -3.18. The van der Waals surface area contributed by atoms with Gasteiger partial charge in [-0.2, -0.15) is 0 Å². The molecule has 0 radical (unpaired) electrons. The molecule has 0 saturated heterocycles. The maximum absolute atomic E-state index is 13.7. The second-order valence-electron chi connectivity index (χ2n) is 4.55. The van der Waals surface area contributed by atoms with Gasteiger partial charge in [-0.05, 0) is 30.1 Å². The first kappa shape index (κ1) is 13.8.